The summed E-state index contributed by atoms with van der Waals surface area (Å²) in [4.78, 5) is 22.7. The average Bonchev–Trinajstić information content (AvgIpc) is 2.50. The van der Waals surface area contributed by atoms with Gasteiger partial charge in [-0.25, -0.2) is 0 Å². The summed E-state index contributed by atoms with van der Waals surface area (Å²) < 4.78 is 4.83. The molecule has 0 aliphatic carbocycles. The van der Waals surface area contributed by atoms with E-state index in [0.29, 0.717) is 26.0 Å². The number of amides is 1. The summed E-state index contributed by atoms with van der Waals surface area (Å²) in [6, 6.07) is -0.0975. The van der Waals surface area contributed by atoms with Gasteiger partial charge < -0.3 is 15.4 Å². The lowest BCUT2D eigenvalue weighted by Gasteiger charge is -2.14. The Kier molecular flexibility index (Phi) is 6.62. The van der Waals surface area contributed by atoms with E-state index >= 15 is 0 Å². The molecule has 17 heavy (non-hydrogen) atoms. The molecule has 1 rings (SSSR count). The molecule has 1 fully saturated rings. The monoisotopic (exact) mass is 242 g/mol. The Morgan fingerprint density at radius 1 is 1.53 bits per heavy atom. The number of carbonyl (C=O) groups excluding carboxylic acids is 2. The summed E-state index contributed by atoms with van der Waals surface area (Å²) in [7, 11) is 0. The van der Waals surface area contributed by atoms with Gasteiger partial charge in [-0.15, -0.1) is 0 Å². The molecule has 1 saturated heterocycles. The highest BCUT2D eigenvalue weighted by Gasteiger charge is 2.19. The highest BCUT2D eigenvalue weighted by Crippen LogP contribution is 2.05. The molecule has 0 aromatic carbocycles. The van der Waals surface area contributed by atoms with Crippen LogP contribution in [-0.4, -0.2) is 37.6 Å². The molecule has 0 saturated carbocycles. The lowest BCUT2D eigenvalue weighted by Crippen LogP contribution is -2.43. The quantitative estimate of drug-likeness (QED) is 0.528. The lowest BCUT2D eigenvalue weighted by molar-refractivity contribution is -0.143. The lowest BCUT2D eigenvalue weighted by atomic mass is 10.1. The van der Waals surface area contributed by atoms with Gasteiger partial charge in [0.1, 0.15) is 0 Å². The number of ether oxygens (including phenoxy) is 1. The van der Waals surface area contributed by atoms with Crippen molar-refractivity contribution in [2.45, 2.75) is 45.1 Å². The first kappa shape index (κ1) is 14.0. The van der Waals surface area contributed by atoms with Gasteiger partial charge >= 0.3 is 5.97 Å². The van der Waals surface area contributed by atoms with Gasteiger partial charge in [-0.2, -0.15) is 0 Å². The van der Waals surface area contributed by atoms with Crippen molar-refractivity contribution in [1.82, 2.24) is 10.6 Å². The van der Waals surface area contributed by atoms with Crippen molar-refractivity contribution >= 4 is 11.9 Å². The fraction of sp³-hybridized carbons (Fsp3) is 0.833. The molecule has 1 aliphatic rings. The van der Waals surface area contributed by atoms with Crippen LogP contribution >= 0.6 is 0 Å². The minimum Gasteiger partial charge on any atom is -0.466 e. The van der Waals surface area contributed by atoms with E-state index in [2.05, 4.69) is 10.6 Å². The summed E-state index contributed by atoms with van der Waals surface area (Å²) in [5, 5.41) is 6.06. The second kappa shape index (κ2) is 8.06. The highest BCUT2D eigenvalue weighted by atomic mass is 16.5. The van der Waals surface area contributed by atoms with Crippen LogP contribution in [0.4, 0.5) is 0 Å². The third-order valence-corrected chi connectivity index (χ3v) is 2.79. The molecule has 0 aromatic rings. The van der Waals surface area contributed by atoms with E-state index in [0.717, 1.165) is 25.8 Å². The largest absolute Gasteiger partial charge is 0.466 e. The van der Waals surface area contributed by atoms with Crippen molar-refractivity contribution < 1.29 is 14.3 Å². The zero-order valence-corrected chi connectivity index (χ0v) is 10.5. The van der Waals surface area contributed by atoms with Gasteiger partial charge in [0.2, 0.25) is 5.91 Å². The maximum atomic E-state index is 11.6. The Bertz CT molecular complexity index is 256. The standard InChI is InChI=1S/C12H22N2O3/c1-2-17-11(15)7-5-9-13-10-6-3-4-8-14-12(10)16/h10,13H,2-9H2,1H3,(H,14,16). The van der Waals surface area contributed by atoms with Crippen molar-refractivity contribution in [3.05, 3.63) is 0 Å². The first-order chi connectivity index (χ1) is 8.24. The van der Waals surface area contributed by atoms with Crippen molar-refractivity contribution in [1.29, 1.82) is 0 Å². The van der Waals surface area contributed by atoms with E-state index in [1.165, 1.54) is 0 Å². The Morgan fingerprint density at radius 2 is 2.35 bits per heavy atom. The van der Waals surface area contributed by atoms with Gasteiger partial charge in [0.05, 0.1) is 12.6 Å². The molecule has 1 unspecified atom stereocenters. The molecule has 5 heteroatoms. The van der Waals surface area contributed by atoms with E-state index < -0.39 is 0 Å². The zero-order valence-electron chi connectivity index (χ0n) is 10.5. The molecular weight excluding hydrogens is 220 g/mol. The van der Waals surface area contributed by atoms with Crippen LogP contribution in [0.25, 0.3) is 0 Å². The number of hydrogen-bond acceptors (Lipinski definition) is 4. The van der Waals surface area contributed by atoms with E-state index in [-0.39, 0.29) is 17.9 Å². The maximum Gasteiger partial charge on any atom is 0.305 e. The van der Waals surface area contributed by atoms with Crippen LogP contribution in [0.3, 0.4) is 0 Å². The second-order valence-corrected chi connectivity index (χ2v) is 4.20. The number of hydrogen-bond donors (Lipinski definition) is 2. The SMILES string of the molecule is CCOC(=O)CCCNC1CCCCNC1=O. The molecule has 98 valence electrons. The van der Waals surface area contributed by atoms with Crippen LogP contribution in [0.5, 0.6) is 0 Å². The molecule has 0 bridgehead atoms. The molecule has 0 aromatic heterocycles. The van der Waals surface area contributed by atoms with Crippen LogP contribution in [0.1, 0.15) is 39.0 Å². The molecule has 1 atom stereocenters. The average molecular weight is 242 g/mol. The predicted molar refractivity (Wildman–Crippen MR) is 64.5 cm³/mol. The summed E-state index contributed by atoms with van der Waals surface area (Å²) >= 11 is 0. The summed E-state index contributed by atoms with van der Waals surface area (Å²) in [6.07, 6.45) is 4.12. The third kappa shape index (κ3) is 5.68. The van der Waals surface area contributed by atoms with Crippen molar-refractivity contribution in [3.8, 4) is 0 Å². The normalized spacial score (nSPS) is 20.5. The number of rotatable bonds is 6. The molecule has 1 amide bonds. The van der Waals surface area contributed by atoms with Crippen LogP contribution in [0.2, 0.25) is 0 Å². The Morgan fingerprint density at radius 3 is 3.12 bits per heavy atom. The molecule has 2 N–H and O–H groups in total. The maximum absolute atomic E-state index is 11.6. The van der Waals surface area contributed by atoms with Gasteiger partial charge in [0.25, 0.3) is 0 Å². The molecule has 5 nitrogen and oxygen atoms in total. The van der Waals surface area contributed by atoms with Crippen LogP contribution in [-0.2, 0) is 14.3 Å². The van der Waals surface area contributed by atoms with Gasteiger partial charge in [-0.1, -0.05) is 0 Å². The molecule has 1 heterocycles. The van der Waals surface area contributed by atoms with Gasteiger partial charge in [0, 0.05) is 13.0 Å². The van der Waals surface area contributed by atoms with E-state index in [4.69, 9.17) is 4.74 Å². The summed E-state index contributed by atoms with van der Waals surface area (Å²) in [6.45, 7) is 3.68. The molecule has 1 aliphatic heterocycles. The van der Waals surface area contributed by atoms with E-state index in [1.54, 1.807) is 6.92 Å². The molecule has 0 radical (unpaired) electrons. The van der Waals surface area contributed by atoms with Gasteiger partial charge in [-0.05, 0) is 39.2 Å². The Balaban J connectivity index is 2.12. The van der Waals surface area contributed by atoms with Crippen LogP contribution < -0.4 is 10.6 Å². The Labute approximate surface area is 102 Å². The number of nitrogens with one attached hydrogen (secondary N) is 2. The Hall–Kier alpha value is -1.10. The van der Waals surface area contributed by atoms with E-state index in [1.807, 2.05) is 0 Å². The topological polar surface area (TPSA) is 67.4 Å². The minimum atomic E-state index is -0.167. The van der Waals surface area contributed by atoms with Gasteiger partial charge in [0.15, 0.2) is 0 Å². The third-order valence-electron chi connectivity index (χ3n) is 2.79. The minimum absolute atomic E-state index is 0.0821. The number of esters is 1. The molecular formula is C12H22N2O3. The highest BCUT2D eigenvalue weighted by molar-refractivity contribution is 5.81. The predicted octanol–water partition coefficient (Wildman–Crippen LogP) is 0.588. The first-order valence-corrected chi connectivity index (χ1v) is 6.40. The summed E-state index contributed by atoms with van der Waals surface area (Å²) in [5.74, 6) is -0.0850. The van der Waals surface area contributed by atoms with Gasteiger partial charge in [-0.3, -0.25) is 9.59 Å². The van der Waals surface area contributed by atoms with Crippen molar-refractivity contribution in [2.24, 2.45) is 0 Å². The van der Waals surface area contributed by atoms with Crippen molar-refractivity contribution in [2.75, 3.05) is 19.7 Å². The molecule has 0 spiro atoms. The second-order valence-electron chi connectivity index (χ2n) is 4.20. The zero-order chi connectivity index (χ0) is 12.5. The van der Waals surface area contributed by atoms with Crippen molar-refractivity contribution in [3.63, 3.8) is 0 Å². The number of carbonyl (C=O) groups is 2. The smallest absolute Gasteiger partial charge is 0.305 e. The van der Waals surface area contributed by atoms with E-state index in [9.17, 15) is 9.59 Å². The fourth-order valence-corrected chi connectivity index (χ4v) is 1.88. The van der Waals surface area contributed by atoms with Crippen LogP contribution in [0.15, 0.2) is 0 Å². The first-order valence-electron chi connectivity index (χ1n) is 6.40. The summed E-state index contributed by atoms with van der Waals surface area (Å²) in [5.41, 5.74) is 0. The fourth-order valence-electron chi connectivity index (χ4n) is 1.88. The van der Waals surface area contributed by atoms with Crippen LogP contribution in [0, 0.1) is 0 Å².